The summed E-state index contributed by atoms with van der Waals surface area (Å²) in [5.41, 5.74) is 3.42. The summed E-state index contributed by atoms with van der Waals surface area (Å²) in [5, 5.41) is 3.00. The largest absolute Gasteiger partial charge is 0.350 e. The summed E-state index contributed by atoms with van der Waals surface area (Å²) >= 11 is 0. The van der Waals surface area contributed by atoms with Crippen molar-refractivity contribution in [1.82, 2.24) is 10.2 Å². The van der Waals surface area contributed by atoms with E-state index >= 15 is 0 Å². The number of piperazine rings is 1. The zero-order chi connectivity index (χ0) is 18.5. The SMILES string of the molecule is CC(C)c1ccc(CC(=O)N2CC(=O)N[C@@H](Cc3ccccc3)C2)cc1. The van der Waals surface area contributed by atoms with Gasteiger partial charge in [-0.2, -0.15) is 0 Å². The molecule has 1 N–H and O–H groups in total. The van der Waals surface area contributed by atoms with Gasteiger partial charge < -0.3 is 10.2 Å². The number of carbonyl (C=O) groups is 2. The fraction of sp³-hybridized carbons (Fsp3) is 0.364. The van der Waals surface area contributed by atoms with Crippen LogP contribution in [0.2, 0.25) is 0 Å². The summed E-state index contributed by atoms with van der Waals surface area (Å²) in [6.45, 7) is 5.01. The average molecular weight is 350 g/mol. The second-order valence-corrected chi connectivity index (χ2v) is 7.30. The molecule has 2 aromatic carbocycles. The molecule has 1 fully saturated rings. The van der Waals surface area contributed by atoms with Gasteiger partial charge in [-0.3, -0.25) is 9.59 Å². The van der Waals surface area contributed by atoms with E-state index in [0.29, 0.717) is 18.9 Å². The third-order valence-electron chi connectivity index (χ3n) is 4.82. The van der Waals surface area contributed by atoms with Gasteiger partial charge in [0.2, 0.25) is 11.8 Å². The van der Waals surface area contributed by atoms with Crippen LogP contribution in [0.3, 0.4) is 0 Å². The Bertz CT molecular complexity index is 753. The normalized spacial score (nSPS) is 17.3. The molecule has 1 heterocycles. The first-order valence-electron chi connectivity index (χ1n) is 9.21. The van der Waals surface area contributed by atoms with Crippen LogP contribution in [-0.2, 0) is 22.4 Å². The second-order valence-electron chi connectivity index (χ2n) is 7.30. The molecule has 26 heavy (non-hydrogen) atoms. The first kappa shape index (κ1) is 18.2. The van der Waals surface area contributed by atoms with Gasteiger partial charge in [0.25, 0.3) is 0 Å². The lowest BCUT2D eigenvalue weighted by Gasteiger charge is -2.33. The standard InChI is InChI=1S/C22H26N2O2/c1-16(2)19-10-8-18(9-11-19)13-22(26)24-14-20(23-21(25)15-24)12-17-6-4-3-5-7-17/h3-11,16,20H,12-15H2,1-2H3,(H,23,25)/t20-/m0/s1. The van der Waals surface area contributed by atoms with Crippen LogP contribution in [0.15, 0.2) is 54.6 Å². The number of hydrogen-bond acceptors (Lipinski definition) is 2. The van der Waals surface area contributed by atoms with Gasteiger partial charge in [0, 0.05) is 6.54 Å². The Labute approximate surface area is 155 Å². The molecule has 1 aliphatic heterocycles. The quantitative estimate of drug-likeness (QED) is 0.901. The van der Waals surface area contributed by atoms with Crippen LogP contribution in [0, 0.1) is 0 Å². The van der Waals surface area contributed by atoms with E-state index in [0.717, 1.165) is 17.5 Å². The highest BCUT2D eigenvalue weighted by atomic mass is 16.2. The van der Waals surface area contributed by atoms with Crippen LogP contribution in [0.1, 0.15) is 36.5 Å². The molecular formula is C22H26N2O2. The topological polar surface area (TPSA) is 49.4 Å². The average Bonchev–Trinajstić information content (AvgIpc) is 2.62. The van der Waals surface area contributed by atoms with Gasteiger partial charge in [0.15, 0.2) is 0 Å². The number of benzene rings is 2. The summed E-state index contributed by atoms with van der Waals surface area (Å²) in [4.78, 5) is 26.4. The van der Waals surface area contributed by atoms with Crippen molar-refractivity contribution in [2.75, 3.05) is 13.1 Å². The lowest BCUT2D eigenvalue weighted by atomic mass is 10.00. The van der Waals surface area contributed by atoms with Crippen LogP contribution in [0.4, 0.5) is 0 Å². The van der Waals surface area contributed by atoms with Gasteiger partial charge >= 0.3 is 0 Å². The molecule has 136 valence electrons. The molecule has 2 aromatic rings. The Morgan fingerprint density at radius 2 is 1.77 bits per heavy atom. The van der Waals surface area contributed by atoms with Gasteiger partial charge in [-0.15, -0.1) is 0 Å². The molecule has 0 aromatic heterocycles. The Kier molecular flexibility index (Phi) is 5.71. The van der Waals surface area contributed by atoms with E-state index < -0.39 is 0 Å². The lowest BCUT2D eigenvalue weighted by Crippen LogP contribution is -2.56. The summed E-state index contributed by atoms with van der Waals surface area (Å²) in [6.07, 6.45) is 1.07. The Morgan fingerprint density at radius 1 is 1.08 bits per heavy atom. The van der Waals surface area contributed by atoms with Crippen molar-refractivity contribution in [3.63, 3.8) is 0 Å². The van der Waals surface area contributed by atoms with E-state index in [1.165, 1.54) is 5.56 Å². The molecule has 1 aliphatic rings. The smallest absolute Gasteiger partial charge is 0.239 e. The highest BCUT2D eigenvalue weighted by Gasteiger charge is 2.27. The van der Waals surface area contributed by atoms with E-state index in [4.69, 9.17) is 0 Å². The highest BCUT2D eigenvalue weighted by Crippen LogP contribution is 2.16. The van der Waals surface area contributed by atoms with Crippen LogP contribution < -0.4 is 5.32 Å². The second kappa shape index (κ2) is 8.17. The number of carbonyl (C=O) groups excluding carboxylic acids is 2. The molecule has 1 saturated heterocycles. The van der Waals surface area contributed by atoms with E-state index in [1.54, 1.807) is 4.90 Å². The lowest BCUT2D eigenvalue weighted by molar-refractivity contribution is -0.139. The summed E-state index contributed by atoms with van der Waals surface area (Å²) < 4.78 is 0. The maximum Gasteiger partial charge on any atom is 0.239 e. The van der Waals surface area contributed by atoms with Crippen molar-refractivity contribution in [3.8, 4) is 0 Å². The highest BCUT2D eigenvalue weighted by molar-refractivity contribution is 5.87. The van der Waals surface area contributed by atoms with Gasteiger partial charge in [-0.25, -0.2) is 0 Å². The van der Waals surface area contributed by atoms with Gasteiger partial charge in [-0.1, -0.05) is 68.4 Å². The fourth-order valence-corrected chi connectivity index (χ4v) is 3.33. The molecule has 0 bridgehead atoms. The van der Waals surface area contributed by atoms with Crippen molar-refractivity contribution >= 4 is 11.8 Å². The monoisotopic (exact) mass is 350 g/mol. The van der Waals surface area contributed by atoms with Crippen LogP contribution in [0.25, 0.3) is 0 Å². The summed E-state index contributed by atoms with van der Waals surface area (Å²) in [6, 6.07) is 18.2. The van der Waals surface area contributed by atoms with E-state index in [9.17, 15) is 9.59 Å². The molecular weight excluding hydrogens is 324 g/mol. The molecule has 0 saturated carbocycles. The maximum atomic E-state index is 12.7. The zero-order valence-corrected chi connectivity index (χ0v) is 15.4. The predicted molar refractivity (Wildman–Crippen MR) is 103 cm³/mol. The fourth-order valence-electron chi connectivity index (χ4n) is 3.33. The third-order valence-corrected chi connectivity index (χ3v) is 4.82. The van der Waals surface area contributed by atoms with E-state index in [1.807, 2.05) is 42.5 Å². The van der Waals surface area contributed by atoms with Crippen molar-refractivity contribution in [2.24, 2.45) is 0 Å². The predicted octanol–water partition coefficient (Wildman–Crippen LogP) is 2.92. The molecule has 0 aliphatic carbocycles. The Morgan fingerprint density at radius 3 is 2.42 bits per heavy atom. The Hall–Kier alpha value is -2.62. The zero-order valence-electron chi connectivity index (χ0n) is 15.4. The number of nitrogens with one attached hydrogen (secondary N) is 1. The molecule has 1 atom stereocenters. The minimum atomic E-state index is -0.0827. The molecule has 2 amide bonds. The molecule has 0 radical (unpaired) electrons. The number of rotatable bonds is 5. The van der Waals surface area contributed by atoms with Crippen molar-refractivity contribution in [2.45, 2.75) is 38.6 Å². The van der Waals surface area contributed by atoms with Crippen LogP contribution in [0.5, 0.6) is 0 Å². The van der Waals surface area contributed by atoms with Gasteiger partial charge in [0.1, 0.15) is 0 Å². The summed E-state index contributed by atoms with van der Waals surface area (Å²) in [7, 11) is 0. The first-order chi connectivity index (χ1) is 12.5. The van der Waals surface area contributed by atoms with Crippen LogP contribution in [-0.4, -0.2) is 35.8 Å². The van der Waals surface area contributed by atoms with Crippen molar-refractivity contribution in [3.05, 3.63) is 71.3 Å². The number of hydrogen-bond donors (Lipinski definition) is 1. The Balaban J connectivity index is 1.61. The third kappa shape index (κ3) is 4.72. The minimum Gasteiger partial charge on any atom is -0.350 e. The maximum absolute atomic E-state index is 12.7. The number of amides is 2. The van der Waals surface area contributed by atoms with Gasteiger partial charge in [0.05, 0.1) is 19.0 Å². The molecule has 4 heteroatoms. The molecule has 3 rings (SSSR count). The molecule has 0 unspecified atom stereocenters. The molecule has 4 nitrogen and oxygen atoms in total. The van der Waals surface area contributed by atoms with Gasteiger partial charge in [-0.05, 0) is 29.0 Å². The number of nitrogens with zero attached hydrogens (tertiary/aromatic N) is 1. The van der Waals surface area contributed by atoms with E-state index in [-0.39, 0.29) is 24.4 Å². The van der Waals surface area contributed by atoms with Crippen LogP contribution >= 0.6 is 0 Å². The first-order valence-corrected chi connectivity index (χ1v) is 9.21. The van der Waals surface area contributed by atoms with Crippen molar-refractivity contribution in [1.29, 1.82) is 0 Å². The van der Waals surface area contributed by atoms with Crippen molar-refractivity contribution < 1.29 is 9.59 Å². The van der Waals surface area contributed by atoms with E-state index in [2.05, 4.69) is 31.3 Å². The molecule has 0 spiro atoms. The minimum absolute atomic E-state index is 0.00945. The summed E-state index contributed by atoms with van der Waals surface area (Å²) in [5.74, 6) is 0.403.